The lowest BCUT2D eigenvalue weighted by molar-refractivity contribution is 0.585. The molecule has 0 nitrogen and oxygen atoms in total. The molecule has 41 heavy (non-hydrogen) atoms. The molecule has 0 fully saturated rings. The van der Waals surface area contributed by atoms with E-state index in [0.29, 0.717) is 5.92 Å². The summed E-state index contributed by atoms with van der Waals surface area (Å²) in [5.74, 6) is 0.557. The number of benzene rings is 4. The summed E-state index contributed by atoms with van der Waals surface area (Å²) >= 11 is 0. The van der Waals surface area contributed by atoms with E-state index in [4.69, 9.17) is 0 Å². The van der Waals surface area contributed by atoms with E-state index in [9.17, 15) is 0 Å². The first-order valence-corrected chi connectivity index (χ1v) is 17.5. The van der Waals surface area contributed by atoms with Crippen LogP contribution >= 0.6 is 15.8 Å². The van der Waals surface area contributed by atoms with Crippen LogP contribution in [0.15, 0.2) is 156 Å². The van der Waals surface area contributed by atoms with E-state index in [1.165, 1.54) is 44.1 Å². The van der Waals surface area contributed by atoms with Gasteiger partial charge in [0, 0.05) is 0 Å². The molecule has 0 saturated carbocycles. The van der Waals surface area contributed by atoms with E-state index in [1.54, 1.807) is 10.9 Å². The molecular weight excluding hydrogens is 530 g/mol. The molecule has 0 amide bonds. The van der Waals surface area contributed by atoms with Gasteiger partial charge in [-0.3, -0.25) is 0 Å². The molecule has 0 heterocycles. The second-order valence-electron chi connectivity index (χ2n) is 10.9. The second-order valence-corrected chi connectivity index (χ2v) is 15.3. The van der Waals surface area contributed by atoms with Crippen LogP contribution in [0.3, 0.4) is 0 Å². The Labute approximate surface area is 248 Å². The fraction of sp³-hybridized carbons (Fsp3) is 0.179. The third-order valence-electron chi connectivity index (χ3n) is 8.33. The van der Waals surface area contributed by atoms with E-state index >= 15 is 0 Å². The molecule has 9 rings (SSSR count). The molecule has 4 bridgehead atoms. The van der Waals surface area contributed by atoms with Crippen molar-refractivity contribution in [3.8, 4) is 0 Å². The highest BCUT2D eigenvalue weighted by Gasteiger charge is 2.27. The fourth-order valence-electron chi connectivity index (χ4n) is 6.22. The zero-order valence-electron chi connectivity index (χ0n) is 23.9. The van der Waals surface area contributed by atoms with Crippen molar-refractivity contribution in [1.82, 2.24) is 0 Å². The van der Waals surface area contributed by atoms with Crippen molar-refractivity contribution in [2.45, 2.75) is 39.0 Å². The zero-order chi connectivity index (χ0) is 28.0. The number of allylic oxidation sites excluding steroid dienone is 7. The van der Waals surface area contributed by atoms with Crippen LogP contribution in [-0.2, 0) is 12.8 Å². The van der Waals surface area contributed by atoms with Gasteiger partial charge in [0.2, 0.25) is 0 Å². The first-order valence-electron chi connectivity index (χ1n) is 14.8. The Kier molecular flexibility index (Phi) is 8.91. The fourth-order valence-corrected chi connectivity index (χ4v) is 11.5. The first kappa shape index (κ1) is 27.8. The zero-order valence-corrected chi connectivity index (χ0v) is 25.7. The normalized spacial score (nSPS) is 17.8. The standard InChI is InChI=1S/C39H38P2/c1-3-34(4-2)40(35-14-8-5-9-15-35)38-28-30-20-24-32(38)25-21-31-23-27-33(26-22-30)39(29-31)41(36-16-10-6-11-17-36)37-18-12-7-13-19-37/h3-20,23-24,27-28,31H,1,21-22,25-26,29H2,2H3. The SMILES string of the molecule is C=CC(=CC)P(c1ccccc1)c1cc2ccc1CCC1C=CC(=C(P(c3ccccc3)c3ccccc3)C1)CC2. The molecule has 4 aromatic rings. The highest BCUT2D eigenvalue weighted by atomic mass is 31.1. The van der Waals surface area contributed by atoms with Gasteiger partial charge in [0.25, 0.3) is 0 Å². The Morgan fingerprint density at radius 2 is 1.39 bits per heavy atom. The average molecular weight is 569 g/mol. The van der Waals surface area contributed by atoms with Gasteiger partial charge >= 0.3 is 0 Å². The molecule has 5 aliphatic carbocycles. The van der Waals surface area contributed by atoms with Crippen LogP contribution in [0.5, 0.6) is 0 Å². The van der Waals surface area contributed by atoms with Gasteiger partial charge in [-0.1, -0.05) is 140 Å². The van der Waals surface area contributed by atoms with Crippen molar-refractivity contribution >= 4 is 37.1 Å². The van der Waals surface area contributed by atoms with Crippen molar-refractivity contribution < 1.29 is 0 Å². The summed E-state index contributed by atoms with van der Waals surface area (Å²) in [6.07, 6.45) is 14.9. The van der Waals surface area contributed by atoms with Gasteiger partial charge in [-0.25, -0.2) is 0 Å². The predicted octanol–water partition coefficient (Wildman–Crippen LogP) is 9.05. The second kappa shape index (κ2) is 13.1. The third-order valence-corrected chi connectivity index (χ3v) is 13.6. The highest BCUT2D eigenvalue weighted by Crippen LogP contribution is 2.51. The summed E-state index contributed by atoms with van der Waals surface area (Å²) in [5, 5.41) is 8.87. The molecular formula is C39H38P2. The number of aryl methyl sites for hydroxylation is 2. The van der Waals surface area contributed by atoms with Crippen LogP contribution in [0.1, 0.15) is 37.3 Å². The molecule has 2 unspecified atom stereocenters. The molecule has 0 radical (unpaired) electrons. The van der Waals surface area contributed by atoms with Gasteiger partial charge in [-0.15, -0.1) is 0 Å². The lowest BCUT2D eigenvalue weighted by Gasteiger charge is -2.31. The van der Waals surface area contributed by atoms with E-state index in [2.05, 4.69) is 147 Å². The van der Waals surface area contributed by atoms with Crippen molar-refractivity contribution in [2.24, 2.45) is 5.92 Å². The summed E-state index contributed by atoms with van der Waals surface area (Å²) in [6, 6.07) is 40.9. The van der Waals surface area contributed by atoms with Crippen LogP contribution in [0.2, 0.25) is 0 Å². The highest BCUT2D eigenvalue weighted by molar-refractivity contribution is 7.77. The van der Waals surface area contributed by atoms with Crippen LogP contribution < -0.4 is 21.2 Å². The summed E-state index contributed by atoms with van der Waals surface area (Å²) < 4.78 is 0. The van der Waals surface area contributed by atoms with Crippen LogP contribution in [-0.4, -0.2) is 0 Å². The van der Waals surface area contributed by atoms with Gasteiger partial charge in [0.1, 0.15) is 0 Å². The molecule has 0 N–H and O–H groups in total. The molecule has 5 aliphatic rings. The minimum Gasteiger partial charge on any atom is -0.0984 e. The molecule has 0 aliphatic heterocycles. The molecule has 2 heteroatoms. The lowest BCUT2D eigenvalue weighted by atomic mass is 9.88. The van der Waals surface area contributed by atoms with Crippen LogP contribution in [0.4, 0.5) is 0 Å². The Morgan fingerprint density at radius 1 is 0.756 bits per heavy atom. The van der Waals surface area contributed by atoms with Gasteiger partial charge in [-0.2, -0.15) is 0 Å². The summed E-state index contributed by atoms with van der Waals surface area (Å²) in [6.45, 7) is 6.38. The van der Waals surface area contributed by atoms with E-state index in [-0.39, 0.29) is 0 Å². The first-order chi connectivity index (χ1) is 20.2. The van der Waals surface area contributed by atoms with E-state index < -0.39 is 15.8 Å². The molecule has 0 aromatic heterocycles. The van der Waals surface area contributed by atoms with Gasteiger partial charge in [0.05, 0.1) is 0 Å². The Morgan fingerprint density at radius 3 is 2.00 bits per heavy atom. The smallest absolute Gasteiger partial charge is 0.0116 e. The van der Waals surface area contributed by atoms with Crippen LogP contribution in [0.25, 0.3) is 0 Å². The van der Waals surface area contributed by atoms with Gasteiger partial charge < -0.3 is 0 Å². The Bertz CT molecular complexity index is 1540. The predicted molar refractivity (Wildman–Crippen MR) is 183 cm³/mol. The topological polar surface area (TPSA) is 0 Å². The van der Waals surface area contributed by atoms with Gasteiger partial charge in [-0.05, 0) is 109 Å². The minimum atomic E-state index is -0.636. The Balaban J connectivity index is 1.43. The average Bonchev–Trinajstić information content (AvgIpc) is 3.03. The van der Waals surface area contributed by atoms with Crippen molar-refractivity contribution in [3.05, 3.63) is 167 Å². The number of rotatable bonds is 7. The van der Waals surface area contributed by atoms with Crippen molar-refractivity contribution in [3.63, 3.8) is 0 Å². The van der Waals surface area contributed by atoms with Crippen LogP contribution in [0, 0.1) is 5.92 Å². The van der Waals surface area contributed by atoms with Crippen molar-refractivity contribution in [1.29, 1.82) is 0 Å². The summed E-state index contributed by atoms with van der Waals surface area (Å²) in [5.41, 5.74) is 4.50. The monoisotopic (exact) mass is 568 g/mol. The molecule has 2 atom stereocenters. The lowest BCUT2D eigenvalue weighted by Crippen LogP contribution is -2.20. The molecule has 0 spiro atoms. The maximum Gasteiger partial charge on any atom is -0.0116 e. The largest absolute Gasteiger partial charge is 0.0984 e. The van der Waals surface area contributed by atoms with Crippen molar-refractivity contribution in [2.75, 3.05) is 0 Å². The number of hydrogen-bond acceptors (Lipinski definition) is 0. The summed E-state index contributed by atoms with van der Waals surface area (Å²) in [4.78, 5) is 0. The Hall–Kier alpha value is -3.30. The maximum atomic E-state index is 4.22. The quantitative estimate of drug-likeness (QED) is 0.154. The third kappa shape index (κ3) is 6.16. The number of hydrogen-bond donors (Lipinski definition) is 0. The van der Waals surface area contributed by atoms with E-state index in [1.807, 2.05) is 0 Å². The molecule has 0 saturated heterocycles. The molecule has 204 valence electrons. The maximum absolute atomic E-state index is 4.22. The van der Waals surface area contributed by atoms with Gasteiger partial charge in [0.15, 0.2) is 0 Å². The molecule has 4 aromatic carbocycles. The minimum absolute atomic E-state index is 0.555. The van der Waals surface area contributed by atoms with E-state index in [0.717, 1.165) is 25.7 Å². The summed E-state index contributed by atoms with van der Waals surface area (Å²) in [7, 11) is -1.19.